The van der Waals surface area contributed by atoms with Gasteiger partial charge >= 0.3 is 5.97 Å². The van der Waals surface area contributed by atoms with Gasteiger partial charge in [0.2, 0.25) is 5.91 Å². The number of imide groups is 1. The van der Waals surface area contributed by atoms with Gasteiger partial charge in [0.25, 0.3) is 23.3 Å². The summed E-state index contributed by atoms with van der Waals surface area (Å²) in [5, 5.41) is 37.3. The van der Waals surface area contributed by atoms with Gasteiger partial charge in [-0.25, -0.2) is 8.78 Å². The molecule has 3 aromatic carbocycles. The predicted octanol–water partition coefficient (Wildman–Crippen LogP) is 5.19. The van der Waals surface area contributed by atoms with Gasteiger partial charge in [0, 0.05) is 68.0 Å². The van der Waals surface area contributed by atoms with E-state index in [0.29, 0.717) is 47.2 Å². The molecule has 20 heteroatoms. The first-order valence-corrected chi connectivity index (χ1v) is 23.0. The number of nitrogens with zero attached hydrogens (tertiary/aromatic N) is 5. The molecule has 0 radical (unpaired) electrons. The second-order valence-electron chi connectivity index (χ2n) is 17.4. The third-order valence-corrected chi connectivity index (χ3v) is 12.8. The number of rotatable bonds is 12. The average molecular weight is 1020 g/mol. The molecule has 2 atom stereocenters. The number of hydrogen-bond acceptors (Lipinski definition) is 13. The van der Waals surface area contributed by atoms with Gasteiger partial charge in [-0.15, -0.1) is 0 Å². The quantitative estimate of drug-likeness (QED) is 0.0605. The molecule has 3 aromatic heterocycles. The molecule has 0 saturated heterocycles. The molecule has 5 N–H and O–H groups in total. The van der Waals surface area contributed by atoms with E-state index in [1.165, 1.54) is 53.8 Å². The summed E-state index contributed by atoms with van der Waals surface area (Å²) in [4.78, 5) is 88.9. The van der Waals surface area contributed by atoms with Gasteiger partial charge < -0.3 is 40.2 Å². The number of benzene rings is 3. The van der Waals surface area contributed by atoms with Crippen LogP contribution in [0.2, 0.25) is 0 Å². The molecule has 70 heavy (non-hydrogen) atoms. The number of carbonyl (C=O) groups excluding carboxylic acids is 5. The van der Waals surface area contributed by atoms with E-state index in [1.54, 1.807) is 61.7 Å². The number of carbonyl (C=O) groups is 5. The molecule has 0 aliphatic carbocycles. The number of aliphatic hydroxyl groups is 2. The van der Waals surface area contributed by atoms with Gasteiger partial charge in [-0.3, -0.25) is 43.6 Å². The third-order valence-electron chi connectivity index (χ3n) is 11.9. The van der Waals surface area contributed by atoms with Crippen LogP contribution in [0.4, 0.5) is 20.2 Å². The summed E-state index contributed by atoms with van der Waals surface area (Å²) in [6, 6.07) is 18.5. The molecule has 6 aromatic rings. The number of anilines is 2. The van der Waals surface area contributed by atoms with Gasteiger partial charge in [0.05, 0.1) is 45.9 Å². The van der Waals surface area contributed by atoms with Gasteiger partial charge in [0.15, 0.2) is 11.7 Å². The first-order valence-electron chi connectivity index (χ1n) is 22.2. The normalized spacial score (nSPS) is 16.0. The summed E-state index contributed by atoms with van der Waals surface area (Å²) in [6.45, 7) is 5.00. The summed E-state index contributed by atoms with van der Waals surface area (Å²) < 4.78 is 33.5. The van der Waals surface area contributed by atoms with Crippen molar-refractivity contribution in [2.75, 3.05) is 43.0 Å². The Morgan fingerprint density at radius 1 is 0.871 bits per heavy atom. The summed E-state index contributed by atoms with van der Waals surface area (Å²) in [7, 11) is 0. The van der Waals surface area contributed by atoms with Crippen molar-refractivity contribution in [1.82, 2.24) is 24.8 Å². The number of esters is 1. The number of halogens is 3. The van der Waals surface area contributed by atoms with Crippen LogP contribution in [0, 0.1) is 17.6 Å². The number of ether oxygens (including phenoxy) is 1. The van der Waals surface area contributed by atoms with Gasteiger partial charge in [0.1, 0.15) is 28.8 Å². The number of fused-ring (bicyclic) bond motifs is 2. The smallest absolute Gasteiger partial charge is 0.321 e. The molecule has 0 bridgehead atoms. The molecule has 0 fully saturated rings. The summed E-state index contributed by atoms with van der Waals surface area (Å²) >= 11 is 3.54. The predicted molar refractivity (Wildman–Crippen MR) is 254 cm³/mol. The SMILES string of the molecule is CC(C)(O)CNC(=O)c1c(O)c2ncc(Cc3ccc(F)cc3)c3c2n(c1=O)CCN3.CCOC(=O)C1C(=O)N(CCN2C(=O)c3ccccc3C2=O)c2c(ncc(Cc3ccc(F)cc3)c2Br)C1O. The Morgan fingerprint density at radius 3 is 2.03 bits per heavy atom. The Bertz CT molecular complexity index is 3110. The first kappa shape index (κ1) is 49.0. The van der Waals surface area contributed by atoms with E-state index in [1.807, 2.05) is 0 Å². The van der Waals surface area contributed by atoms with E-state index in [2.05, 4.69) is 36.5 Å². The monoisotopic (exact) mass is 1020 g/mol. The molecule has 6 heterocycles. The summed E-state index contributed by atoms with van der Waals surface area (Å²) in [5.74, 6) is -6.15. The highest BCUT2D eigenvalue weighted by molar-refractivity contribution is 9.10. The molecular formula is C50H46BrF2N7O10. The Morgan fingerprint density at radius 2 is 1.44 bits per heavy atom. The van der Waals surface area contributed by atoms with Crippen molar-refractivity contribution in [3.8, 4) is 5.75 Å². The lowest BCUT2D eigenvalue weighted by Gasteiger charge is -2.37. The molecular weight excluding hydrogens is 976 g/mol. The zero-order valence-corrected chi connectivity index (χ0v) is 39.5. The molecule has 3 aliphatic rings. The molecule has 2 unspecified atom stereocenters. The van der Waals surface area contributed by atoms with Crippen molar-refractivity contribution in [3.63, 3.8) is 0 Å². The highest BCUT2D eigenvalue weighted by atomic mass is 79.9. The van der Waals surface area contributed by atoms with Crippen LogP contribution in [-0.2, 0) is 33.7 Å². The maximum absolute atomic E-state index is 13.6. The van der Waals surface area contributed by atoms with Crippen LogP contribution in [-0.4, -0.2) is 103 Å². The van der Waals surface area contributed by atoms with E-state index in [0.717, 1.165) is 21.6 Å². The maximum Gasteiger partial charge on any atom is 0.321 e. The van der Waals surface area contributed by atoms with E-state index >= 15 is 0 Å². The van der Waals surface area contributed by atoms with Crippen molar-refractivity contribution in [1.29, 1.82) is 0 Å². The second-order valence-corrected chi connectivity index (χ2v) is 18.2. The zero-order valence-electron chi connectivity index (χ0n) is 38.0. The van der Waals surface area contributed by atoms with Gasteiger partial charge in [-0.1, -0.05) is 36.4 Å². The fourth-order valence-electron chi connectivity index (χ4n) is 8.53. The van der Waals surface area contributed by atoms with Crippen LogP contribution >= 0.6 is 15.9 Å². The molecule has 4 amide bonds. The Hall–Kier alpha value is -7.42. The number of aromatic hydroxyl groups is 1. The van der Waals surface area contributed by atoms with Crippen LogP contribution in [0.15, 0.2) is 94.5 Å². The molecule has 0 spiro atoms. The maximum atomic E-state index is 13.6. The van der Waals surface area contributed by atoms with Crippen LogP contribution in [0.1, 0.15) is 85.9 Å². The molecule has 17 nitrogen and oxygen atoms in total. The van der Waals surface area contributed by atoms with E-state index < -0.39 is 64.1 Å². The third kappa shape index (κ3) is 9.61. The molecule has 0 saturated carbocycles. The Labute approximate surface area is 406 Å². The Kier molecular flexibility index (Phi) is 13.9. The molecule has 3 aliphatic heterocycles. The van der Waals surface area contributed by atoms with Crippen LogP contribution in [0.3, 0.4) is 0 Å². The van der Waals surface area contributed by atoms with E-state index in [4.69, 9.17) is 4.74 Å². The van der Waals surface area contributed by atoms with E-state index in [-0.39, 0.29) is 65.9 Å². The highest BCUT2D eigenvalue weighted by Gasteiger charge is 2.47. The van der Waals surface area contributed by atoms with Crippen molar-refractivity contribution < 1.29 is 52.8 Å². The summed E-state index contributed by atoms with van der Waals surface area (Å²) in [5.41, 5.74) is 2.94. The standard InChI is InChI=1S/C28H23BrFN3O6.C22H23FN4O4/c1-2-39-28(38)20-24(34)22-23(21(29)16(14-31-22)13-15-7-9-17(30)10-8-15)32(27(20)37)11-12-33-25(35)18-5-3-4-6-19(18)26(33)36;1-22(2,31)11-26-20(29)15-19(28)17-18-16(24-7-8-27(18)21(15)30)13(10-25-17)9-12-3-5-14(23)6-4-12/h3-10,14,20,24,34H,2,11-13H2,1H3;3-6,10,24,28,31H,7-9,11H2,1-2H3,(H,26,29). The highest BCUT2D eigenvalue weighted by Crippen LogP contribution is 2.44. The fourth-order valence-corrected chi connectivity index (χ4v) is 9.19. The lowest BCUT2D eigenvalue weighted by Crippen LogP contribution is -2.50. The number of aromatic nitrogens is 3. The minimum absolute atomic E-state index is 0.00492. The minimum atomic E-state index is -1.57. The van der Waals surface area contributed by atoms with Gasteiger partial charge in [-0.05, 0) is 89.8 Å². The van der Waals surface area contributed by atoms with Crippen LogP contribution in [0.25, 0.3) is 11.0 Å². The van der Waals surface area contributed by atoms with Crippen molar-refractivity contribution in [2.45, 2.75) is 51.9 Å². The zero-order chi connectivity index (χ0) is 50.2. The molecule has 362 valence electrons. The topological polar surface area (TPSA) is 234 Å². The number of nitrogens with one attached hydrogen (secondary N) is 2. The van der Waals surface area contributed by atoms with Crippen LogP contribution < -0.4 is 21.1 Å². The Balaban J connectivity index is 0.000000193. The minimum Gasteiger partial charge on any atom is -0.505 e. The number of amides is 4. The second kappa shape index (κ2) is 19.9. The number of aliphatic hydroxyl groups excluding tert-OH is 1. The van der Waals surface area contributed by atoms with Gasteiger partial charge in [-0.2, -0.15) is 0 Å². The largest absolute Gasteiger partial charge is 0.505 e. The lowest BCUT2D eigenvalue weighted by atomic mass is 9.91. The average Bonchev–Trinajstić information content (AvgIpc) is 3.57. The van der Waals surface area contributed by atoms with Crippen molar-refractivity contribution >= 4 is 67.9 Å². The van der Waals surface area contributed by atoms with Crippen molar-refractivity contribution in [3.05, 3.63) is 156 Å². The number of pyridine rings is 3. The first-order chi connectivity index (χ1) is 33.4. The van der Waals surface area contributed by atoms with E-state index in [9.17, 15) is 52.9 Å². The summed E-state index contributed by atoms with van der Waals surface area (Å²) in [6.07, 6.45) is 2.30. The van der Waals surface area contributed by atoms with Crippen molar-refractivity contribution in [2.24, 2.45) is 5.92 Å². The molecule has 9 rings (SSSR count). The van der Waals surface area contributed by atoms with Crippen LogP contribution in [0.5, 0.6) is 5.75 Å². The lowest BCUT2D eigenvalue weighted by molar-refractivity contribution is -0.157. The fraction of sp³-hybridized carbons (Fsp3) is 0.280. The number of hydrogen-bond donors (Lipinski definition) is 5.